The average Bonchev–Trinajstić information content (AvgIpc) is 2.58. The minimum Gasteiger partial charge on any atom is -0.394 e. The fourth-order valence-electron chi connectivity index (χ4n) is 2.55. The predicted octanol–water partition coefficient (Wildman–Crippen LogP) is -0.602. The molecule has 2 rings (SSSR count). The van der Waals surface area contributed by atoms with E-state index in [1.807, 2.05) is 6.92 Å². The highest BCUT2D eigenvalue weighted by Crippen LogP contribution is 2.17. The monoisotopic (exact) mass is 285 g/mol. The van der Waals surface area contributed by atoms with Crippen molar-refractivity contribution in [2.45, 2.75) is 38.5 Å². The maximum Gasteiger partial charge on any atom is 0.325 e. The molecule has 0 saturated carbocycles. The molecule has 2 N–H and O–H groups in total. The number of carbonyl (C=O) groups excluding carboxylic acids is 2. The zero-order valence-corrected chi connectivity index (χ0v) is 12.3. The van der Waals surface area contributed by atoms with Gasteiger partial charge in [-0.05, 0) is 20.8 Å². The third kappa shape index (κ3) is 2.94. The van der Waals surface area contributed by atoms with E-state index < -0.39 is 5.54 Å². The van der Waals surface area contributed by atoms with E-state index in [9.17, 15) is 9.59 Å². The molecule has 7 heteroatoms. The Morgan fingerprint density at radius 2 is 2.10 bits per heavy atom. The Morgan fingerprint density at radius 3 is 2.65 bits per heavy atom. The first kappa shape index (κ1) is 15.2. The van der Waals surface area contributed by atoms with Crippen LogP contribution in [0.25, 0.3) is 0 Å². The Balaban J connectivity index is 1.91. The lowest BCUT2D eigenvalue weighted by molar-refractivity contribution is -0.130. The maximum absolute atomic E-state index is 12.1. The molecule has 2 fully saturated rings. The smallest absolute Gasteiger partial charge is 0.325 e. The Kier molecular flexibility index (Phi) is 4.31. The summed E-state index contributed by atoms with van der Waals surface area (Å²) < 4.78 is 5.47. The van der Waals surface area contributed by atoms with E-state index in [1.54, 1.807) is 13.8 Å². The van der Waals surface area contributed by atoms with Gasteiger partial charge >= 0.3 is 6.03 Å². The van der Waals surface area contributed by atoms with Gasteiger partial charge < -0.3 is 15.2 Å². The molecular formula is C13H23N3O4. The van der Waals surface area contributed by atoms with E-state index >= 15 is 0 Å². The second-order valence-electron chi connectivity index (χ2n) is 5.99. The molecule has 114 valence electrons. The Morgan fingerprint density at radius 1 is 1.40 bits per heavy atom. The number of nitrogens with one attached hydrogen (secondary N) is 1. The van der Waals surface area contributed by atoms with Crippen LogP contribution >= 0.6 is 0 Å². The fourth-order valence-corrected chi connectivity index (χ4v) is 2.55. The molecule has 0 radical (unpaired) electrons. The van der Waals surface area contributed by atoms with Crippen molar-refractivity contribution in [3.05, 3.63) is 0 Å². The van der Waals surface area contributed by atoms with E-state index in [0.29, 0.717) is 26.2 Å². The molecule has 2 saturated heterocycles. The number of ether oxygens (including phenoxy) is 1. The Bertz CT molecular complexity index is 399. The number of carbonyl (C=O) groups is 2. The SMILES string of the molecule is CC1COC(CO)CN1CCN1C(=O)NC(C)(C)C1=O. The van der Waals surface area contributed by atoms with Gasteiger partial charge in [0, 0.05) is 25.7 Å². The van der Waals surface area contributed by atoms with Crippen molar-refractivity contribution >= 4 is 11.9 Å². The van der Waals surface area contributed by atoms with E-state index in [0.717, 1.165) is 0 Å². The average molecular weight is 285 g/mol. The topological polar surface area (TPSA) is 82.1 Å². The van der Waals surface area contributed by atoms with Gasteiger partial charge in [0.15, 0.2) is 0 Å². The number of hydrogen-bond acceptors (Lipinski definition) is 5. The molecule has 2 unspecified atom stereocenters. The Hall–Kier alpha value is -1.18. The highest BCUT2D eigenvalue weighted by molar-refractivity contribution is 6.06. The van der Waals surface area contributed by atoms with E-state index in [-0.39, 0.29) is 30.7 Å². The Labute approximate surface area is 118 Å². The third-order valence-electron chi connectivity index (χ3n) is 3.89. The van der Waals surface area contributed by atoms with Crippen molar-refractivity contribution < 1.29 is 19.4 Å². The number of imide groups is 1. The van der Waals surface area contributed by atoms with Crippen LogP contribution in [0.15, 0.2) is 0 Å². The molecule has 2 atom stereocenters. The van der Waals surface area contributed by atoms with Crippen LogP contribution < -0.4 is 5.32 Å². The van der Waals surface area contributed by atoms with E-state index in [4.69, 9.17) is 9.84 Å². The van der Waals surface area contributed by atoms with Gasteiger partial charge in [-0.1, -0.05) is 0 Å². The molecule has 0 spiro atoms. The van der Waals surface area contributed by atoms with Crippen molar-refractivity contribution in [3.63, 3.8) is 0 Å². The van der Waals surface area contributed by atoms with Gasteiger partial charge in [-0.2, -0.15) is 0 Å². The number of rotatable bonds is 4. The second kappa shape index (κ2) is 5.67. The number of urea groups is 1. The highest BCUT2D eigenvalue weighted by Gasteiger charge is 2.44. The van der Waals surface area contributed by atoms with Crippen LogP contribution in [-0.2, 0) is 9.53 Å². The molecule has 0 bridgehead atoms. The summed E-state index contributed by atoms with van der Waals surface area (Å²) in [6.45, 7) is 7.54. The van der Waals surface area contributed by atoms with Gasteiger partial charge in [-0.15, -0.1) is 0 Å². The molecule has 20 heavy (non-hydrogen) atoms. The summed E-state index contributed by atoms with van der Waals surface area (Å²) in [5.74, 6) is -0.192. The molecule has 0 aromatic rings. The molecule has 0 aromatic heterocycles. The first-order chi connectivity index (χ1) is 9.35. The van der Waals surface area contributed by atoms with Gasteiger partial charge in [0.25, 0.3) is 5.91 Å². The number of amides is 3. The summed E-state index contributed by atoms with van der Waals surface area (Å²) in [7, 11) is 0. The molecule has 3 amide bonds. The first-order valence-electron chi connectivity index (χ1n) is 6.96. The highest BCUT2D eigenvalue weighted by atomic mass is 16.5. The molecule has 0 aromatic carbocycles. The van der Waals surface area contributed by atoms with Crippen molar-refractivity contribution in [1.29, 1.82) is 0 Å². The normalized spacial score (nSPS) is 30.7. The molecule has 2 aliphatic rings. The van der Waals surface area contributed by atoms with Crippen LogP contribution in [0.4, 0.5) is 4.79 Å². The number of aliphatic hydroxyl groups excluding tert-OH is 1. The summed E-state index contributed by atoms with van der Waals surface area (Å²) in [5.41, 5.74) is -0.818. The van der Waals surface area contributed by atoms with Crippen LogP contribution in [-0.4, -0.2) is 77.4 Å². The summed E-state index contributed by atoms with van der Waals surface area (Å²) in [5, 5.41) is 11.8. The summed E-state index contributed by atoms with van der Waals surface area (Å²) in [6.07, 6.45) is -0.189. The molecule has 2 heterocycles. The van der Waals surface area contributed by atoms with Gasteiger partial charge in [0.05, 0.1) is 19.3 Å². The minimum absolute atomic E-state index is 0.0145. The summed E-state index contributed by atoms with van der Waals surface area (Å²) >= 11 is 0. The van der Waals surface area contributed by atoms with Crippen LogP contribution in [0.5, 0.6) is 0 Å². The van der Waals surface area contributed by atoms with E-state index in [2.05, 4.69) is 10.2 Å². The number of aliphatic hydroxyl groups is 1. The first-order valence-corrected chi connectivity index (χ1v) is 6.96. The third-order valence-corrected chi connectivity index (χ3v) is 3.89. The maximum atomic E-state index is 12.1. The van der Waals surface area contributed by atoms with Crippen molar-refractivity contribution in [1.82, 2.24) is 15.1 Å². The second-order valence-corrected chi connectivity index (χ2v) is 5.99. The largest absolute Gasteiger partial charge is 0.394 e. The van der Waals surface area contributed by atoms with Gasteiger partial charge in [-0.3, -0.25) is 14.6 Å². The van der Waals surface area contributed by atoms with Crippen LogP contribution in [0, 0.1) is 0 Å². The molecular weight excluding hydrogens is 262 g/mol. The number of nitrogens with zero attached hydrogens (tertiary/aromatic N) is 2. The minimum atomic E-state index is -0.818. The number of hydrogen-bond donors (Lipinski definition) is 2. The van der Waals surface area contributed by atoms with Crippen molar-refractivity contribution in [2.75, 3.05) is 32.8 Å². The fraction of sp³-hybridized carbons (Fsp3) is 0.846. The standard InChI is InChI=1S/C13H23N3O4/c1-9-8-20-10(7-17)6-15(9)4-5-16-11(18)13(2,3)14-12(16)19/h9-10,17H,4-8H2,1-3H3,(H,14,19). The van der Waals surface area contributed by atoms with Crippen LogP contribution in [0.1, 0.15) is 20.8 Å². The van der Waals surface area contributed by atoms with Crippen molar-refractivity contribution in [3.8, 4) is 0 Å². The van der Waals surface area contributed by atoms with Crippen LogP contribution in [0.2, 0.25) is 0 Å². The zero-order valence-electron chi connectivity index (χ0n) is 12.3. The molecule has 2 aliphatic heterocycles. The lowest BCUT2D eigenvalue weighted by Gasteiger charge is -2.37. The molecule has 7 nitrogen and oxygen atoms in total. The molecule has 0 aliphatic carbocycles. The van der Waals surface area contributed by atoms with Gasteiger partial charge in [-0.25, -0.2) is 4.79 Å². The summed E-state index contributed by atoms with van der Waals surface area (Å²) in [4.78, 5) is 27.3. The van der Waals surface area contributed by atoms with Gasteiger partial charge in [0.1, 0.15) is 5.54 Å². The van der Waals surface area contributed by atoms with Crippen molar-refractivity contribution in [2.24, 2.45) is 0 Å². The number of morpholine rings is 1. The predicted molar refractivity (Wildman–Crippen MR) is 72.2 cm³/mol. The lowest BCUT2D eigenvalue weighted by atomic mass is 10.1. The lowest BCUT2D eigenvalue weighted by Crippen LogP contribution is -2.52. The van der Waals surface area contributed by atoms with Crippen LogP contribution in [0.3, 0.4) is 0 Å². The zero-order chi connectivity index (χ0) is 14.9. The van der Waals surface area contributed by atoms with E-state index in [1.165, 1.54) is 4.90 Å². The summed E-state index contributed by atoms with van der Waals surface area (Å²) in [6, 6.07) is -0.119. The quantitative estimate of drug-likeness (QED) is 0.674. The van der Waals surface area contributed by atoms with Gasteiger partial charge in [0.2, 0.25) is 0 Å².